The van der Waals surface area contributed by atoms with Gasteiger partial charge in [-0.3, -0.25) is 15.0 Å². The van der Waals surface area contributed by atoms with Gasteiger partial charge in [-0.1, -0.05) is 42.5 Å². The second kappa shape index (κ2) is 12.5. The number of methoxy groups -OCH3 is 1. The molecular formula is C32H34N4O6. The summed E-state index contributed by atoms with van der Waals surface area (Å²) in [4.78, 5) is 26.1. The van der Waals surface area contributed by atoms with Crippen molar-refractivity contribution in [3.8, 4) is 11.8 Å². The van der Waals surface area contributed by atoms with E-state index in [1.165, 1.54) is 18.2 Å². The minimum atomic E-state index is -0.694. The second-order valence-electron chi connectivity index (χ2n) is 11.2. The van der Waals surface area contributed by atoms with Gasteiger partial charge in [-0.2, -0.15) is 5.26 Å². The number of benzene rings is 3. The van der Waals surface area contributed by atoms with E-state index in [1.807, 2.05) is 54.6 Å². The molecule has 3 aromatic carbocycles. The second-order valence-corrected chi connectivity index (χ2v) is 11.2. The van der Waals surface area contributed by atoms with Crippen LogP contribution >= 0.6 is 0 Å². The Balaban J connectivity index is 1.35. The number of rotatable bonds is 11. The Bertz CT molecular complexity index is 1460. The first-order valence-corrected chi connectivity index (χ1v) is 14.0. The zero-order valence-corrected chi connectivity index (χ0v) is 23.6. The average Bonchev–Trinajstić information content (AvgIpc) is 3.29. The zero-order valence-electron chi connectivity index (χ0n) is 23.6. The lowest BCUT2D eigenvalue weighted by atomic mass is 9.67. The lowest BCUT2D eigenvalue weighted by molar-refractivity contribution is -0.384. The highest BCUT2D eigenvalue weighted by molar-refractivity contribution is 5.71. The first kappa shape index (κ1) is 28.9. The van der Waals surface area contributed by atoms with Crippen molar-refractivity contribution in [3.05, 3.63) is 99.6 Å². The maximum atomic E-state index is 13.1. The van der Waals surface area contributed by atoms with Crippen LogP contribution in [0.25, 0.3) is 0 Å². The first-order valence-electron chi connectivity index (χ1n) is 14.0. The molecule has 1 saturated heterocycles. The zero-order chi connectivity index (χ0) is 29.6. The Morgan fingerprint density at radius 3 is 2.60 bits per heavy atom. The van der Waals surface area contributed by atoms with Crippen LogP contribution in [-0.4, -0.2) is 48.3 Å². The van der Waals surface area contributed by atoms with Gasteiger partial charge in [0.05, 0.1) is 43.4 Å². The lowest BCUT2D eigenvalue weighted by Gasteiger charge is -2.45. The number of nitro groups is 1. The van der Waals surface area contributed by atoms with E-state index in [0.717, 1.165) is 36.1 Å². The number of hydrogen-bond acceptors (Lipinski definition) is 8. The van der Waals surface area contributed by atoms with Crippen molar-refractivity contribution in [2.75, 3.05) is 32.1 Å². The molecule has 0 aromatic heterocycles. The van der Waals surface area contributed by atoms with Crippen LogP contribution in [0.2, 0.25) is 0 Å². The van der Waals surface area contributed by atoms with Crippen LogP contribution in [0.3, 0.4) is 0 Å². The molecular weight excluding hydrogens is 536 g/mol. The van der Waals surface area contributed by atoms with Gasteiger partial charge in [0.25, 0.3) is 5.69 Å². The summed E-state index contributed by atoms with van der Waals surface area (Å²) < 4.78 is 17.6. The van der Waals surface area contributed by atoms with Crippen LogP contribution < -0.4 is 10.1 Å². The van der Waals surface area contributed by atoms with E-state index in [9.17, 15) is 20.2 Å². The van der Waals surface area contributed by atoms with E-state index >= 15 is 0 Å². The van der Waals surface area contributed by atoms with Crippen LogP contribution in [0.1, 0.15) is 42.4 Å². The number of amides is 1. The third-order valence-corrected chi connectivity index (χ3v) is 8.11. The van der Waals surface area contributed by atoms with E-state index in [1.54, 1.807) is 12.0 Å². The fraction of sp³-hybridized carbons (Fsp3) is 0.375. The van der Waals surface area contributed by atoms with Gasteiger partial charge in [-0.05, 0) is 61.1 Å². The average molecular weight is 571 g/mol. The van der Waals surface area contributed by atoms with Crippen LogP contribution in [0.4, 0.5) is 16.2 Å². The number of nitriles is 1. The van der Waals surface area contributed by atoms with E-state index in [0.29, 0.717) is 44.8 Å². The number of carbonyl (C=O) groups excluding carboxylic acids is 1. The summed E-state index contributed by atoms with van der Waals surface area (Å²) in [6.45, 7) is 2.02. The molecule has 1 heterocycles. The van der Waals surface area contributed by atoms with Crippen molar-refractivity contribution in [2.24, 2.45) is 5.41 Å². The number of ether oxygens (including phenoxy) is 3. The fourth-order valence-electron chi connectivity index (χ4n) is 6.11. The highest BCUT2D eigenvalue weighted by Gasteiger charge is 2.52. The van der Waals surface area contributed by atoms with Gasteiger partial charge in [0.1, 0.15) is 17.0 Å². The van der Waals surface area contributed by atoms with Gasteiger partial charge in [-0.15, -0.1) is 0 Å². The summed E-state index contributed by atoms with van der Waals surface area (Å²) >= 11 is 0. The van der Waals surface area contributed by atoms with Gasteiger partial charge in [0.2, 0.25) is 0 Å². The van der Waals surface area contributed by atoms with E-state index in [4.69, 9.17) is 14.2 Å². The molecule has 218 valence electrons. The largest absolute Gasteiger partial charge is 0.497 e. The smallest absolute Gasteiger partial charge is 0.410 e. The molecule has 3 aromatic rings. The number of carbonyl (C=O) groups is 1. The van der Waals surface area contributed by atoms with Crippen molar-refractivity contribution < 1.29 is 23.9 Å². The standard InChI is InChI=1S/C32H34N4O6/c1-40-27-11-8-24(9-12-27)18-35-22-32(42-30(35)37)15-5-14-31(20-32,23-41-19-25-6-3-2-4-7-25)21-34-28-16-26(17-33)10-13-29(28)36(38)39/h2-4,6-13,16,34H,5,14-15,18-23H2,1H3. The summed E-state index contributed by atoms with van der Waals surface area (Å²) in [5.74, 6) is 0.750. The molecule has 2 aliphatic rings. The van der Waals surface area contributed by atoms with Gasteiger partial charge < -0.3 is 19.5 Å². The molecule has 2 fully saturated rings. The summed E-state index contributed by atoms with van der Waals surface area (Å²) in [5.41, 5.74) is 1.37. The molecule has 1 amide bonds. The van der Waals surface area contributed by atoms with E-state index < -0.39 is 15.9 Å². The summed E-state index contributed by atoms with van der Waals surface area (Å²) in [5, 5.41) is 24.4. The third kappa shape index (κ3) is 6.64. The van der Waals surface area contributed by atoms with Crippen molar-refractivity contribution in [3.63, 3.8) is 0 Å². The van der Waals surface area contributed by atoms with Crippen molar-refractivity contribution in [1.82, 2.24) is 4.90 Å². The highest BCUT2D eigenvalue weighted by Crippen LogP contribution is 2.47. The lowest BCUT2D eigenvalue weighted by Crippen LogP contribution is -2.49. The first-order chi connectivity index (χ1) is 20.3. The molecule has 1 saturated carbocycles. The molecule has 5 rings (SSSR count). The van der Waals surface area contributed by atoms with Gasteiger partial charge in [-0.25, -0.2) is 4.79 Å². The van der Waals surface area contributed by atoms with Crippen LogP contribution in [-0.2, 0) is 22.6 Å². The van der Waals surface area contributed by atoms with E-state index in [2.05, 4.69) is 11.4 Å². The Morgan fingerprint density at radius 2 is 1.88 bits per heavy atom. The predicted molar refractivity (Wildman–Crippen MR) is 156 cm³/mol. The maximum absolute atomic E-state index is 13.1. The Labute approximate surface area is 245 Å². The molecule has 10 heteroatoms. The third-order valence-electron chi connectivity index (χ3n) is 8.11. The topological polar surface area (TPSA) is 127 Å². The van der Waals surface area contributed by atoms with Gasteiger partial charge in [0.15, 0.2) is 0 Å². The van der Waals surface area contributed by atoms with Gasteiger partial charge in [0, 0.05) is 24.6 Å². The molecule has 1 N–H and O–H groups in total. The molecule has 1 spiro atoms. The molecule has 0 bridgehead atoms. The Hall–Kier alpha value is -4.62. The molecule has 2 unspecified atom stereocenters. The molecule has 42 heavy (non-hydrogen) atoms. The summed E-state index contributed by atoms with van der Waals surface area (Å²) in [6, 6.07) is 23.8. The predicted octanol–water partition coefficient (Wildman–Crippen LogP) is 6.06. The molecule has 2 atom stereocenters. The molecule has 0 radical (unpaired) electrons. The van der Waals surface area contributed by atoms with Gasteiger partial charge >= 0.3 is 6.09 Å². The maximum Gasteiger partial charge on any atom is 0.410 e. The van der Waals surface area contributed by atoms with Crippen molar-refractivity contribution >= 4 is 17.5 Å². The SMILES string of the molecule is COc1ccc(CN2CC3(CCCC(CNc4cc(C#N)ccc4[N+](=O)[O-])(COCc4ccccc4)C3)OC2=O)cc1. The highest BCUT2D eigenvalue weighted by atomic mass is 16.6. The number of nitro benzene ring substituents is 1. The normalized spacial score (nSPS) is 21.5. The number of nitrogens with zero attached hydrogens (tertiary/aromatic N) is 3. The Kier molecular flexibility index (Phi) is 8.59. The number of hydrogen-bond donors (Lipinski definition) is 1. The van der Waals surface area contributed by atoms with Crippen LogP contribution in [0.5, 0.6) is 5.75 Å². The summed E-state index contributed by atoms with van der Waals surface area (Å²) in [6.07, 6.45) is 2.51. The minimum absolute atomic E-state index is 0.0992. The summed E-state index contributed by atoms with van der Waals surface area (Å²) in [7, 11) is 1.61. The quantitative estimate of drug-likeness (QED) is 0.218. The molecule has 1 aliphatic carbocycles. The minimum Gasteiger partial charge on any atom is -0.497 e. The molecule has 10 nitrogen and oxygen atoms in total. The fourth-order valence-corrected chi connectivity index (χ4v) is 6.11. The van der Waals surface area contributed by atoms with Crippen molar-refractivity contribution in [2.45, 2.75) is 44.4 Å². The van der Waals surface area contributed by atoms with E-state index in [-0.39, 0.29) is 17.5 Å². The van der Waals surface area contributed by atoms with Crippen molar-refractivity contribution in [1.29, 1.82) is 5.26 Å². The number of anilines is 1. The Morgan fingerprint density at radius 1 is 1.10 bits per heavy atom. The number of nitrogens with one attached hydrogen (secondary N) is 1. The molecule has 1 aliphatic heterocycles. The van der Waals surface area contributed by atoms with Crippen LogP contribution in [0.15, 0.2) is 72.8 Å². The van der Waals surface area contributed by atoms with Crippen LogP contribution in [0, 0.1) is 26.9 Å². The monoisotopic (exact) mass is 570 g/mol.